The van der Waals surface area contributed by atoms with Gasteiger partial charge in [-0.3, -0.25) is 0 Å². The van der Waals surface area contributed by atoms with Crippen LogP contribution in [0.15, 0.2) is 18.2 Å². The normalized spacial score (nSPS) is 20.2. The van der Waals surface area contributed by atoms with Gasteiger partial charge >= 0.3 is 0 Å². The first-order chi connectivity index (χ1) is 8.07. The average molecular weight is 253 g/mol. The number of aryl methyl sites for hydroxylation is 1. The van der Waals surface area contributed by atoms with Gasteiger partial charge in [-0.1, -0.05) is 31.9 Å². The molecule has 2 rings (SSSR count). The van der Waals surface area contributed by atoms with E-state index in [0.717, 1.165) is 11.3 Å². The SMILES string of the molecule is COc1ccc(C(Cl)C2(C)CCCC2)cc1C. The number of benzene rings is 1. The molecule has 0 aromatic heterocycles. The molecular weight excluding hydrogens is 232 g/mol. The first kappa shape index (κ1) is 12.8. The summed E-state index contributed by atoms with van der Waals surface area (Å²) in [6.45, 7) is 4.39. The van der Waals surface area contributed by atoms with Gasteiger partial charge in [-0.25, -0.2) is 0 Å². The summed E-state index contributed by atoms with van der Waals surface area (Å²) in [6, 6.07) is 6.30. The standard InChI is InChI=1S/C15H21ClO/c1-11-10-12(6-7-13(11)17-3)14(16)15(2)8-4-5-9-15/h6-7,10,14H,4-5,8-9H2,1-3H3. The molecule has 1 atom stereocenters. The molecule has 17 heavy (non-hydrogen) atoms. The fourth-order valence-electron chi connectivity index (χ4n) is 2.90. The van der Waals surface area contributed by atoms with E-state index in [1.54, 1.807) is 7.11 Å². The molecule has 1 unspecified atom stereocenters. The van der Waals surface area contributed by atoms with E-state index in [4.69, 9.17) is 16.3 Å². The van der Waals surface area contributed by atoms with Crippen LogP contribution in [0.2, 0.25) is 0 Å². The molecule has 2 heteroatoms. The third-order valence-electron chi connectivity index (χ3n) is 4.07. The van der Waals surface area contributed by atoms with E-state index < -0.39 is 0 Å². The molecule has 0 bridgehead atoms. The number of rotatable bonds is 3. The predicted molar refractivity (Wildman–Crippen MR) is 72.9 cm³/mol. The molecule has 0 N–H and O–H groups in total. The second kappa shape index (κ2) is 4.89. The predicted octanol–water partition coefficient (Wildman–Crippen LogP) is 4.86. The number of ether oxygens (including phenoxy) is 1. The Balaban J connectivity index is 2.25. The number of alkyl halides is 1. The molecule has 1 aliphatic carbocycles. The molecule has 1 aliphatic rings. The van der Waals surface area contributed by atoms with Gasteiger partial charge in [0.1, 0.15) is 5.75 Å². The summed E-state index contributed by atoms with van der Waals surface area (Å²) in [5.41, 5.74) is 2.66. The fraction of sp³-hybridized carbons (Fsp3) is 0.600. The van der Waals surface area contributed by atoms with Gasteiger partial charge in [0.2, 0.25) is 0 Å². The lowest BCUT2D eigenvalue weighted by Crippen LogP contribution is -2.18. The Labute approximate surface area is 109 Å². The minimum absolute atomic E-state index is 0.120. The smallest absolute Gasteiger partial charge is 0.121 e. The Morgan fingerprint density at radius 1 is 1.29 bits per heavy atom. The summed E-state index contributed by atoms with van der Waals surface area (Å²) >= 11 is 6.68. The van der Waals surface area contributed by atoms with Crippen LogP contribution in [0.5, 0.6) is 5.75 Å². The summed E-state index contributed by atoms with van der Waals surface area (Å²) in [5, 5.41) is 0.120. The second-order valence-electron chi connectivity index (χ2n) is 5.45. The minimum Gasteiger partial charge on any atom is -0.496 e. The first-order valence-electron chi connectivity index (χ1n) is 6.35. The van der Waals surface area contributed by atoms with Crippen LogP contribution < -0.4 is 4.74 Å². The monoisotopic (exact) mass is 252 g/mol. The topological polar surface area (TPSA) is 9.23 Å². The van der Waals surface area contributed by atoms with Crippen LogP contribution in [0.1, 0.15) is 49.1 Å². The van der Waals surface area contributed by atoms with Crippen LogP contribution in [0.3, 0.4) is 0 Å². The van der Waals surface area contributed by atoms with Crippen molar-refractivity contribution in [3.05, 3.63) is 29.3 Å². The highest BCUT2D eigenvalue weighted by molar-refractivity contribution is 6.21. The lowest BCUT2D eigenvalue weighted by atomic mass is 9.81. The zero-order valence-electron chi connectivity index (χ0n) is 10.9. The van der Waals surface area contributed by atoms with E-state index in [0.29, 0.717) is 0 Å². The molecule has 0 saturated heterocycles. The van der Waals surface area contributed by atoms with Crippen LogP contribution in [0.25, 0.3) is 0 Å². The highest BCUT2D eigenvalue weighted by Gasteiger charge is 2.36. The summed E-state index contributed by atoms with van der Waals surface area (Å²) in [6.07, 6.45) is 5.11. The Kier molecular flexibility index (Phi) is 3.67. The minimum atomic E-state index is 0.120. The first-order valence-corrected chi connectivity index (χ1v) is 6.79. The van der Waals surface area contributed by atoms with Crippen molar-refractivity contribution in [3.63, 3.8) is 0 Å². The molecule has 1 aromatic carbocycles. The largest absolute Gasteiger partial charge is 0.496 e. The lowest BCUT2D eigenvalue weighted by Gasteiger charge is -2.30. The average Bonchev–Trinajstić information content (AvgIpc) is 2.76. The Bertz CT molecular complexity index is 394. The van der Waals surface area contributed by atoms with Crippen molar-refractivity contribution in [2.24, 2.45) is 5.41 Å². The van der Waals surface area contributed by atoms with E-state index >= 15 is 0 Å². The molecule has 1 fully saturated rings. The van der Waals surface area contributed by atoms with Gasteiger partial charge < -0.3 is 4.74 Å². The summed E-state index contributed by atoms with van der Waals surface area (Å²) in [4.78, 5) is 0. The third-order valence-corrected chi connectivity index (χ3v) is 4.85. The summed E-state index contributed by atoms with van der Waals surface area (Å²) in [5.74, 6) is 0.939. The Hall–Kier alpha value is -0.690. The van der Waals surface area contributed by atoms with Crippen molar-refractivity contribution in [3.8, 4) is 5.75 Å². The van der Waals surface area contributed by atoms with Crippen molar-refractivity contribution < 1.29 is 4.74 Å². The van der Waals surface area contributed by atoms with Gasteiger partial charge in [0.05, 0.1) is 12.5 Å². The second-order valence-corrected chi connectivity index (χ2v) is 5.89. The van der Waals surface area contributed by atoms with Gasteiger partial charge in [-0.05, 0) is 42.4 Å². The van der Waals surface area contributed by atoms with E-state index in [2.05, 4.69) is 26.0 Å². The summed E-state index contributed by atoms with van der Waals surface area (Å²) in [7, 11) is 1.71. The van der Waals surface area contributed by atoms with Gasteiger partial charge in [0.25, 0.3) is 0 Å². The molecular formula is C15H21ClO. The van der Waals surface area contributed by atoms with Crippen molar-refractivity contribution in [1.82, 2.24) is 0 Å². The third kappa shape index (κ3) is 2.44. The molecule has 1 nitrogen and oxygen atoms in total. The van der Waals surface area contributed by atoms with Crippen LogP contribution in [0.4, 0.5) is 0 Å². The molecule has 0 aliphatic heterocycles. The quantitative estimate of drug-likeness (QED) is 0.698. The van der Waals surface area contributed by atoms with Gasteiger partial charge in [-0.15, -0.1) is 11.6 Å². The maximum atomic E-state index is 6.68. The molecule has 1 aromatic rings. The number of hydrogen-bond acceptors (Lipinski definition) is 1. The molecule has 94 valence electrons. The van der Waals surface area contributed by atoms with Crippen molar-refractivity contribution in [2.45, 2.75) is 44.9 Å². The maximum Gasteiger partial charge on any atom is 0.121 e. The van der Waals surface area contributed by atoms with E-state index in [1.165, 1.54) is 31.2 Å². The number of methoxy groups -OCH3 is 1. The maximum absolute atomic E-state index is 6.68. The van der Waals surface area contributed by atoms with Crippen LogP contribution in [-0.4, -0.2) is 7.11 Å². The number of halogens is 1. The van der Waals surface area contributed by atoms with Crippen molar-refractivity contribution in [2.75, 3.05) is 7.11 Å². The van der Waals surface area contributed by atoms with Crippen LogP contribution in [-0.2, 0) is 0 Å². The van der Waals surface area contributed by atoms with Gasteiger partial charge in [-0.2, -0.15) is 0 Å². The number of hydrogen-bond donors (Lipinski definition) is 0. The summed E-state index contributed by atoms with van der Waals surface area (Å²) < 4.78 is 5.29. The molecule has 0 radical (unpaired) electrons. The lowest BCUT2D eigenvalue weighted by molar-refractivity contribution is 0.321. The Morgan fingerprint density at radius 2 is 1.94 bits per heavy atom. The molecule has 0 heterocycles. The van der Waals surface area contributed by atoms with Gasteiger partial charge in [0.15, 0.2) is 0 Å². The van der Waals surface area contributed by atoms with Crippen molar-refractivity contribution >= 4 is 11.6 Å². The molecule has 0 amide bonds. The van der Waals surface area contributed by atoms with Crippen LogP contribution >= 0.6 is 11.6 Å². The zero-order chi connectivity index (χ0) is 12.5. The van der Waals surface area contributed by atoms with Gasteiger partial charge in [0, 0.05) is 0 Å². The van der Waals surface area contributed by atoms with E-state index in [1.807, 2.05) is 6.07 Å². The van der Waals surface area contributed by atoms with E-state index in [9.17, 15) is 0 Å². The Morgan fingerprint density at radius 3 is 2.47 bits per heavy atom. The highest BCUT2D eigenvalue weighted by Crippen LogP contribution is 2.50. The zero-order valence-corrected chi connectivity index (χ0v) is 11.7. The molecule has 0 spiro atoms. The highest BCUT2D eigenvalue weighted by atomic mass is 35.5. The van der Waals surface area contributed by atoms with Crippen LogP contribution in [0, 0.1) is 12.3 Å². The van der Waals surface area contributed by atoms with Crippen molar-refractivity contribution in [1.29, 1.82) is 0 Å². The molecule has 1 saturated carbocycles. The van der Waals surface area contributed by atoms with E-state index in [-0.39, 0.29) is 10.8 Å². The fourth-order valence-corrected chi connectivity index (χ4v) is 3.25.